The number of carbonyl (C=O) groups is 1. The summed E-state index contributed by atoms with van der Waals surface area (Å²) in [6.45, 7) is 14.9. The first-order valence-corrected chi connectivity index (χ1v) is 5.70. The second kappa shape index (κ2) is 4.96. The SMILES string of the molecule is CC(=O)C=C(CC(C)(C)C)CC(C)(C)C. The van der Waals surface area contributed by atoms with Crippen molar-refractivity contribution in [3.63, 3.8) is 0 Å². The van der Waals surface area contributed by atoms with Crippen molar-refractivity contribution in [1.29, 1.82) is 0 Å². The van der Waals surface area contributed by atoms with Crippen LogP contribution >= 0.6 is 0 Å². The molecule has 0 aliphatic carbocycles. The summed E-state index contributed by atoms with van der Waals surface area (Å²) < 4.78 is 0. The molecule has 0 amide bonds. The third-order valence-corrected chi connectivity index (χ3v) is 1.92. The van der Waals surface area contributed by atoms with Gasteiger partial charge in [0.1, 0.15) is 0 Å². The molecule has 88 valence electrons. The summed E-state index contributed by atoms with van der Waals surface area (Å²) >= 11 is 0. The van der Waals surface area contributed by atoms with Gasteiger partial charge in [-0.3, -0.25) is 4.79 Å². The summed E-state index contributed by atoms with van der Waals surface area (Å²) in [6.07, 6.45) is 3.82. The van der Waals surface area contributed by atoms with Gasteiger partial charge in [0, 0.05) is 0 Å². The maximum atomic E-state index is 11.1. The van der Waals surface area contributed by atoms with E-state index in [2.05, 4.69) is 41.5 Å². The van der Waals surface area contributed by atoms with Crippen LogP contribution in [0.1, 0.15) is 61.3 Å². The third-order valence-electron chi connectivity index (χ3n) is 1.92. The lowest BCUT2D eigenvalue weighted by Gasteiger charge is -2.25. The Labute approximate surface area is 95.0 Å². The Kier molecular flexibility index (Phi) is 4.76. The second-order valence-corrected chi connectivity index (χ2v) is 6.89. The van der Waals surface area contributed by atoms with Crippen molar-refractivity contribution >= 4 is 5.78 Å². The molecule has 0 unspecified atom stereocenters. The number of allylic oxidation sites excluding steroid dienone is 2. The molecule has 0 saturated heterocycles. The van der Waals surface area contributed by atoms with E-state index in [4.69, 9.17) is 0 Å². The minimum absolute atomic E-state index is 0.165. The van der Waals surface area contributed by atoms with Crippen LogP contribution in [0.15, 0.2) is 11.6 Å². The molecular formula is C14H26O. The Morgan fingerprint density at radius 1 is 0.933 bits per heavy atom. The van der Waals surface area contributed by atoms with Gasteiger partial charge in [0.05, 0.1) is 0 Å². The van der Waals surface area contributed by atoms with E-state index < -0.39 is 0 Å². The average molecular weight is 210 g/mol. The quantitative estimate of drug-likeness (QED) is 0.632. The average Bonchev–Trinajstić information content (AvgIpc) is 1.73. The minimum atomic E-state index is 0.165. The fraction of sp³-hybridized carbons (Fsp3) is 0.786. The maximum absolute atomic E-state index is 11.1. The maximum Gasteiger partial charge on any atom is 0.152 e. The highest BCUT2D eigenvalue weighted by atomic mass is 16.1. The van der Waals surface area contributed by atoms with E-state index >= 15 is 0 Å². The number of carbonyl (C=O) groups excluding carboxylic acids is 1. The molecule has 1 heteroatoms. The van der Waals surface area contributed by atoms with Gasteiger partial charge in [0.2, 0.25) is 0 Å². The van der Waals surface area contributed by atoms with Crippen LogP contribution in [0.3, 0.4) is 0 Å². The van der Waals surface area contributed by atoms with Gasteiger partial charge in [-0.1, -0.05) is 47.1 Å². The van der Waals surface area contributed by atoms with Crippen molar-refractivity contribution in [2.24, 2.45) is 10.8 Å². The predicted octanol–water partition coefficient (Wildman–Crippen LogP) is 4.37. The van der Waals surface area contributed by atoms with Crippen LogP contribution in [0.2, 0.25) is 0 Å². The van der Waals surface area contributed by atoms with Crippen LogP contribution < -0.4 is 0 Å². The Hall–Kier alpha value is -0.590. The van der Waals surface area contributed by atoms with Crippen LogP contribution in [-0.4, -0.2) is 5.78 Å². The Morgan fingerprint density at radius 3 is 1.47 bits per heavy atom. The Balaban J connectivity index is 4.69. The fourth-order valence-corrected chi connectivity index (χ4v) is 1.81. The van der Waals surface area contributed by atoms with E-state index in [1.807, 2.05) is 6.08 Å². The van der Waals surface area contributed by atoms with Crippen LogP contribution in [-0.2, 0) is 4.79 Å². The molecular weight excluding hydrogens is 184 g/mol. The lowest BCUT2D eigenvalue weighted by Crippen LogP contribution is -2.13. The molecule has 0 aromatic rings. The fourth-order valence-electron chi connectivity index (χ4n) is 1.81. The van der Waals surface area contributed by atoms with Gasteiger partial charge in [-0.05, 0) is 36.7 Å². The van der Waals surface area contributed by atoms with E-state index in [-0.39, 0.29) is 16.6 Å². The van der Waals surface area contributed by atoms with Gasteiger partial charge in [-0.2, -0.15) is 0 Å². The molecule has 0 aromatic carbocycles. The summed E-state index contributed by atoms with van der Waals surface area (Å²) in [5.41, 5.74) is 1.79. The molecule has 0 aliphatic heterocycles. The highest BCUT2D eigenvalue weighted by Crippen LogP contribution is 2.32. The molecule has 0 rings (SSSR count). The van der Waals surface area contributed by atoms with Gasteiger partial charge >= 0.3 is 0 Å². The molecule has 0 N–H and O–H groups in total. The first kappa shape index (κ1) is 14.4. The first-order chi connectivity index (χ1) is 6.49. The molecule has 0 atom stereocenters. The number of hydrogen-bond acceptors (Lipinski definition) is 1. The first-order valence-electron chi connectivity index (χ1n) is 5.70. The molecule has 0 radical (unpaired) electrons. The normalized spacial score (nSPS) is 12.5. The smallest absolute Gasteiger partial charge is 0.152 e. The van der Waals surface area contributed by atoms with E-state index in [1.165, 1.54) is 5.57 Å². The van der Waals surface area contributed by atoms with Crippen molar-refractivity contribution in [1.82, 2.24) is 0 Å². The monoisotopic (exact) mass is 210 g/mol. The molecule has 15 heavy (non-hydrogen) atoms. The zero-order valence-electron chi connectivity index (χ0n) is 11.4. The highest BCUT2D eigenvalue weighted by molar-refractivity contribution is 5.87. The van der Waals surface area contributed by atoms with Crippen LogP contribution in [0.25, 0.3) is 0 Å². The number of hydrogen-bond donors (Lipinski definition) is 0. The van der Waals surface area contributed by atoms with Crippen molar-refractivity contribution < 1.29 is 4.79 Å². The van der Waals surface area contributed by atoms with Crippen molar-refractivity contribution in [2.75, 3.05) is 0 Å². The summed E-state index contributed by atoms with van der Waals surface area (Å²) in [5, 5.41) is 0. The summed E-state index contributed by atoms with van der Waals surface area (Å²) in [6, 6.07) is 0. The van der Waals surface area contributed by atoms with E-state index in [0.29, 0.717) is 0 Å². The number of ketones is 1. The molecule has 0 heterocycles. The van der Waals surface area contributed by atoms with Crippen molar-refractivity contribution in [3.05, 3.63) is 11.6 Å². The third kappa shape index (κ3) is 9.71. The standard InChI is InChI=1S/C14H26O/c1-11(15)8-12(9-13(2,3)4)10-14(5,6)7/h8H,9-10H2,1-7H3. The van der Waals surface area contributed by atoms with Gasteiger partial charge in [0.25, 0.3) is 0 Å². The molecule has 0 fully saturated rings. The minimum Gasteiger partial charge on any atom is -0.295 e. The van der Waals surface area contributed by atoms with Crippen LogP contribution in [0.4, 0.5) is 0 Å². The van der Waals surface area contributed by atoms with Gasteiger partial charge in [-0.25, -0.2) is 0 Å². The van der Waals surface area contributed by atoms with Crippen molar-refractivity contribution in [2.45, 2.75) is 61.3 Å². The number of rotatable bonds is 3. The van der Waals surface area contributed by atoms with E-state index in [1.54, 1.807) is 6.92 Å². The Morgan fingerprint density at radius 2 is 1.27 bits per heavy atom. The largest absolute Gasteiger partial charge is 0.295 e. The highest BCUT2D eigenvalue weighted by Gasteiger charge is 2.18. The van der Waals surface area contributed by atoms with Gasteiger partial charge in [-0.15, -0.1) is 0 Å². The molecule has 0 saturated carbocycles. The predicted molar refractivity (Wildman–Crippen MR) is 66.9 cm³/mol. The summed E-state index contributed by atoms with van der Waals surface area (Å²) in [5.74, 6) is 0.165. The van der Waals surface area contributed by atoms with Crippen LogP contribution in [0.5, 0.6) is 0 Å². The topological polar surface area (TPSA) is 17.1 Å². The van der Waals surface area contributed by atoms with E-state index in [9.17, 15) is 4.79 Å². The Bertz CT molecular complexity index is 227. The second-order valence-electron chi connectivity index (χ2n) is 6.89. The molecule has 1 nitrogen and oxygen atoms in total. The zero-order valence-corrected chi connectivity index (χ0v) is 11.4. The van der Waals surface area contributed by atoms with Crippen molar-refractivity contribution in [3.8, 4) is 0 Å². The molecule has 0 aliphatic rings. The van der Waals surface area contributed by atoms with Crippen LogP contribution in [0, 0.1) is 10.8 Å². The molecule has 0 spiro atoms. The summed E-state index contributed by atoms with van der Waals surface area (Å²) in [7, 11) is 0. The summed E-state index contributed by atoms with van der Waals surface area (Å²) in [4.78, 5) is 11.1. The molecule has 0 aromatic heterocycles. The zero-order chi connectivity index (χ0) is 12.3. The van der Waals surface area contributed by atoms with Gasteiger partial charge < -0.3 is 0 Å². The molecule has 0 bridgehead atoms. The van der Waals surface area contributed by atoms with E-state index in [0.717, 1.165) is 12.8 Å². The lowest BCUT2D eigenvalue weighted by molar-refractivity contribution is -0.112. The lowest BCUT2D eigenvalue weighted by atomic mass is 9.80. The van der Waals surface area contributed by atoms with Gasteiger partial charge in [0.15, 0.2) is 5.78 Å².